The zero-order chi connectivity index (χ0) is 4.50. The van der Waals surface area contributed by atoms with Gasteiger partial charge in [-0.1, -0.05) is 0 Å². The predicted molar refractivity (Wildman–Crippen MR) is 53.7 cm³/mol. The number of rotatable bonds is 0. The Balaban J connectivity index is -0.000000000588. The minimum atomic E-state index is -4.67. The van der Waals surface area contributed by atoms with Gasteiger partial charge in [-0.25, -0.2) is 0 Å². The molecule has 0 saturated heterocycles. The van der Waals surface area contributed by atoms with Crippen LogP contribution in [0.25, 0.3) is 0 Å². The van der Waals surface area contributed by atoms with Crippen molar-refractivity contribution in [3.05, 3.63) is 0 Å². The fraction of sp³-hybridized carbons (Fsp3) is 0. The van der Waals surface area contributed by atoms with E-state index >= 15 is 0 Å². The van der Waals surface area contributed by atoms with Crippen LogP contribution in [-0.4, -0.2) is 72.3 Å². The third-order valence-electron chi connectivity index (χ3n) is 0. The molecule has 0 heterocycles. The van der Waals surface area contributed by atoms with Crippen LogP contribution in [0.5, 0.6) is 0 Å². The largest absolute Gasteiger partial charge is 1.00 e. The van der Waals surface area contributed by atoms with Gasteiger partial charge in [0.15, 0.2) is 0 Å². The van der Waals surface area contributed by atoms with E-state index in [2.05, 4.69) is 0 Å². The maximum atomic E-state index is 8.74. The number of hydrogen-bond donors (Lipinski definition) is 2. The third kappa shape index (κ3) is 1400. The van der Waals surface area contributed by atoms with E-state index in [0.717, 1.165) is 0 Å². The molecule has 19 heavy (non-hydrogen) atoms. The van der Waals surface area contributed by atoms with Crippen LogP contribution in [0.2, 0.25) is 0 Å². The van der Waals surface area contributed by atoms with Crippen molar-refractivity contribution in [3.63, 3.8) is 0 Å². The quantitative estimate of drug-likeness (QED) is 0.308. The minimum absolute atomic E-state index is 0. The van der Waals surface area contributed by atoms with Gasteiger partial charge >= 0.3 is 77.7 Å². The monoisotopic (exact) mass is 373 g/mol. The summed E-state index contributed by atoms with van der Waals surface area (Å²) in [5.41, 5.74) is 0. The van der Waals surface area contributed by atoms with Crippen molar-refractivity contribution in [3.8, 4) is 0 Å². The maximum Gasteiger partial charge on any atom is 1.00 e. The summed E-state index contributed by atoms with van der Waals surface area (Å²) < 4.78 is 31.6. The van der Waals surface area contributed by atoms with Crippen molar-refractivity contribution >= 4 is 10.4 Å². The van der Waals surface area contributed by atoms with Crippen LogP contribution in [0.3, 0.4) is 0 Å². The molecule has 22 N–H and O–H groups in total. The Labute approximate surface area is 170 Å². The Morgan fingerprint density at radius 2 is 0.579 bits per heavy atom. The van der Waals surface area contributed by atoms with Gasteiger partial charge in [-0.3, -0.25) is 9.11 Å². The van der Waals surface area contributed by atoms with Crippen LogP contribution >= 0.6 is 0 Å². The molecule has 0 aromatic heterocycles. The fourth-order valence-electron chi connectivity index (χ4n) is 0. The first-order valence-electron chi connectivity index (χ1n) is 0.698. The molecule has 0 amide bonds. The van der Waals surface area contributed by atoms with E-state index in [1.807, 2.05) is 0 Å². The van der Waals surface area contributed by atoms with Gasteiger partial charge in [0.05, 0.1) is 0 Å². The second-order valence-electron chi connectivity index (χ2n) is 0.448. The van der Waals surface area contributed by atoms with Crippen molar-refractivity contribution in [2.45, 2.75) is 0 Å². The molecule has 0 saturated carbocycles. The zero-order valence-electron chi connectivity index (χ0n) is 13.5. The van der Waals surface area contributed by atoms with Crippen LogP contribution in [-0.2, 0) is 27.5 Å². The Morgan fingerprint density at radius 1 is 0.579 bits per heavy atom. The standard InChI is InChI=1S/2Li.Mn.Na.H2O4S.10H2O.3H/c;;;;1-5(2,3)4;;;;;;;;;;;;;/h;;;;(H2,1,2,3,4);10*1H2;;;/q2*+1;;+1;;;;;;;;;;;;3*-1. The Bertz CT molecular complexity index is 121. The van der Waals surface area contributed by atoms with Crippen molar-refractivity contribution < 1.29 is 161 Å². The molecule has 125 valence electrons. The summed E-state index contributed by atoms with van der Waals surface area (Å²) in [6.45, 7) is 0. The zero-order valence-corrected chi connectivity index (χ0v) is 14.5. The van der Waals surface area contributed by atoms with E-state index in [0.29, 0.717) is 0 Å². The van der Waals surface area contributed by atoms with Gasteiger partial charge in [0.1, 0.15) is 0 Å². The third-order valence-corrected chi connectivity index (χ3v) is 0. The molecule has 1 radical (unpaired) electrons. The minimum Gasteiger partial charge on any atom is -1.00 e. The molecular weight excluding hydrogens is 348 g/mol. The molecule has 0 aliphatic heterocycles. The average molecular weight is 373 g/mol. The Morgan fingerprint density at radius 3 is 0.579 bits per heavy atom. The van der Waals surface area contributed by atoms with E-state index < -0.39 is 10.4 Å². The van der Waals surface area contributed by atoms with Crippen LogP contribution in [0.15, 0.2) is 0 Å². The molecule has 0 aliphatic rings. The first-order valence-corrected chi connectivity index (χ1v) is 2.10. The van der Waals surface area contributed by atoms with E-state index in [9.17, 15) is 0 Å². The summed E-state index contributed by atoms with van der Waals surface area (Å²) in [7, 11) is -4.67. The van der Waals surface area contributed by atoms with E-state index in [1.54, 1.807) is 0 Å². The van der Waals surface area contributed by atoms with Gasteiger partial charge in [0.25, 0.3) is 0 Å². The average Bonchev–Trinajstić information content (AvgIpc) is 0.722. The number of hydrogen-bond acceptors (Lipinski definition) is 2. The first kappa shape index (κ1) is 226. The first-order chi connectivity index (χ1) is 2.00. The second-order valence-corrected chi connectivity index (χ2v) is 1.34. The Kier molecular flexibility index (Phi) is 1320. The smallest absolute Gasteiger partial charge is 1.00 e. The molecular formula is H25Li2MnNaO14S. The molecule has 0 fully saturated rings. The maximum absolute atomic E-state index is 8.74. The van der Waals surface area contributed by atoms with E-state index in [4.69, 9.17) is 17.5 Å². The Hall–Kier alpha value is 2.18. The van der Waals surface area contributed by atoms with E-state index in [1.165, 1.54) is 0 Å². The van der Waals surface area contributed by atoms with Gasteiger partial charge in [-0.05, 0) is 0 Å². The van der Waals surface area contributed by atoms with Crippen molar-refractivity contribution in [1.82, 2.24) is 0 Å². The van der Waals surface area contributed by atoms with Crippen LogP contribution < -0.4 is 67.3 Å². The molecule has 19 heteroatoms. The van der Waals surface area contributed by atoms with Gasteiger partial charge in [0.2, 0.25) is 0 Å². The molecule has 0 spiro atoms. The second kappa shape index (κ2) is 111. The summed E-state index contributed by atoms with van der Waals surface area (Å²) in [6, 6.07) is 0. The summed E-state index contributed by atoms with van der Waals surface area (Å²) in [5, 5.41) is 0. The van der Waals surface area contributed by atoms with Crippen LogP contribution in [0.4, 0.5) is 0 Å². The molecule has 0 aromatic carbocycles. The van der Waals surface area contributed by atoms with E-state index in [-0.39, 0.29) is 143 Å². The van der Waals surface area contributed by atoms with Crippen LogP contribution in [0, 0.1) is 0 Å². The van der Waals surface area contributed by atoms with Crippen molar-refractivity contribution in [2.24, 2.45) is 0 Å². The predicted octanol–water partition coefficient (Wildman–Crippen LogP) is -17.6. The molecule has 0 atom stereocenters. The van der Waals surface area contributed by atoms with Crippen LogP contribution in [0.1, 0.15) is 4.28 Å². The molecule has 0 aromatic rings. The van der Waals surface area contributed by atoms with Gasteiger partial charge in [-0.2, -0.15) is 8.42 Å². The van der Waals surface area contributed by atoms with Gasteiger partial charge in [-0.15, -0.1) is 0 Å². The van der Waals surface area contributed by atoms with Crippen molar-refractivity contribution in [1.29, 1.82) is 0 Å². The molecule has 14 nitrogen and oxygen atoms in total. The molecule has 0 rings (SSSR count). The van der Waals surface area contributed by atoms with Crippen molar-refractivity contribution in [2.75, 3.05) is 0 Å². The summed E-state index contributed by atoms with van der Waals surface area (Å²) in [5.74, 6) is 0. The van der Waals surface area contributed by atoms with Gasteiger partial charge in [0, 0.05) is 17.1 Å². The molecule has 0 unspecified atom stereocenters. The summed E-state index contributed by atoms with van der Waals surface area (Å²) >= 11 is 0. The normalized spacial score (nSPS) is 3.05. The molecule has 0 bridgehead atoms. The topological polar surface area (TPSA) is 390 Å². The molecule has 0 aliphatic carbocycles. The van der Waals surface area contributed by atoms with Gasteiger partial charge < -0.3 is 59.0 Å². The fourth-order valence-corrected chi connectivity index (χ4v) is 0. The summed E-state index contributed by atoms with van der Waals surface area (Å²) in [4.78, 5) is 0. The summed E-state index contributed by atoms with van der Waals surface area (Å²) in [6.07, 6.45) is 0. The SMILES string of the molecule is O.O.O.O.O.O.O.O.O.O.O=S(=O)(O)O.[H-].[H-].[H-].[Li+].[Li+].[Mn].[Na+].